The zero-order valence-corrected chi connectivity index (χ0v) is 11.2. The highest BCUT2D eigenvalue weighted by atomic mass is 16.2. The van der Waals surface area contributed by atoms with Crippen molar-refractivity contribution in [1.82, 2.24) is 4.90 Å². The lowest BCUT2D eigenvalue weighted by Gasteiger charge is -2.32. The zero-order chi connectivity index (χ0) is 12.4. The minimum absolute atomic E-state index is 0.189. The SMILES string of the molecule is CC(C)C(N)C(=O)N1CCCC1C1CCCC1. The van der Waals surface area contributed by atoms with E-state index in [1.165, 1.54) is 32.1 Å². The molecule has 1 aliphatic carbocycles. The fourth-order valence-electron chi connectivity index (χ4n) is 3.38. The summed E-state index contributed by atoms with van der Waals surface area (Å²) in [5, 5.41) is 0. The molecule has 0 aromatic heterocycles. The Morgan fingerprint density at radius 1 is 1.18 bits per heavy atom. The van der Waals surface area contributed by atoms with Crippen molar-refractivity contribution in [1.29, 1.82) is 0 Å². The maximum absolute atomic E-state index is 12.4. The minimum atomic E-state index is -0.308. The number of rotatable bonds is 3. The van der Waals surface area contributed by atoms with E-state index in [1.54, 1.807) is 0 Å². The van der Waals surface area contributed by atoms with Gasteiger partial charge in [0.05, 0.1) is 6.04 Å². The Hall–Kier alpha value is -0.570. The normalized spacial score (nSPS) is 28.0. The first-order valence-corrected chi connectivity index (χ1v) is 7.17. The van der Waals surface area contributed by atoms with Crippen molar-refractivity contribution < 1.29 is 4.79 Å². The third-order valence-electron chi connectivity index (χ3n) is 4.53. The van der Waals surface area contributed by atoms with Crippen molar-refractivity contribution in [2.45, 2.75) is 64.5 Å². The van der Waals surface area contributed by atoms with Gasteiger partial charge in [-0.3, -0.25) is 4.79 Å². The van der Waals surface area contributed by atoms with Crippen molar-refractivity contribution in [2.75, 3.05) is 6.54 Å². The summed E-state index contributed by atoms with van der Waals surface area (Å²) in [5.74, 6) is 1.18. The Bertz CT molecular complexity index is 271. The monoisotopic (exact) mass is 238 g/mol. The Balaban J connectivity index is 2.01. The van der Waals surface area contributed by atoms with Gasteiger partial charge in [0.1, 0.15) is 0 Å². The summed E-state index contributed by atoms with van der Waals surface area (Å²) in [7, 11) is 0. The number of hydrogen-bond acceptors (Lipinski definition) is 2. The third-order valence-corrected chi connectivity index (χ3v) is 4.53. The largest absolute Gasteiger partial charge is 0.338 e. The molecule has 1 saturated heterocycles. The van der Waals surface area contributed by atoms with E-state index in [1.807, 2.05) is 13.8 Å². The number of carbonyl (C=O) groups is 1. The van der Waals surface area contributed by atoms with Crippen molar-refractivity contribution in [3.05, 3.63) is 0 Å². The van der Waals surface area contributed by atoms with Crippen LogP contribution in [0.5, 0.6) is 0 Å². The van der Waals surface area contributed by atoms with Crippen LogP contribution in [0.4, 0.5) is 0 Å². The van der Waals surface area contributed by atoms with E-state index in [0.717, 1.165) is 18.9 Å². The number of amides is 1. The van der Waals surface area contributed by atoms with Crippen molar-refractivity contribution in [2.24, 2.45) is 17.6 Å². The highest BCUT2D eigenvalue weighted by Crippen LogP contribution is 2.35. The number of nitrogens with two attached hydrogens (primary N) is 1. The summed E-state index contributed by atoms with van der Waals surface area (Å²) in [6.45, 7) is 4.99. The highest BCUT2D eigenvalue weighted by molar-refractivity contribution is 5.82. The van der Waals surface area contributed by atoms with Gasteiger partial charge in [0.15, 0.2) is 0 Å². The maximum atomic E-state index is 12.4. The average Bonchev–Trinajstić information content (AvgIpc) is 2.96. The lowest BCUT2D eigenvalue weighted by molar-refractivity contribution is -0.135. The second-order valence-electron chi connectivity index (χ2n) is 6.06. The Labute approximate surface area is 105 Å². The number of nitrogens with zero attached hydrogens (tertiary/aromatic N) is 1. The molecule has 2 fully saturated rings. The average molecular weight is 238 g/mol. The van der Waals surface area contributed by atoms with E-state index in [-0.39, 0.29) is 17.9 Å². The first-order chi connectivity index (χ1) is 8.11. The quantitative estimate of drug-likeness (QED) is 0.819. The summed E-state index contributed by atoms with van der Waals surface area (Å²) in [6.07, 6.45) is 7.68. The standard InChI is InChI=1S/C14H26N2O/c1-10(2)13(15)14(17)16-9-5-8-12(16)11-6-3-4-7-11/h10-13H,3-9,15H2,1-2H3. The zero-order valence-electron chi connectivity index (χ0n) is 11.2. The molecule has 3 heteroatoms. The molecule has 0 radical (unpaired) electrons. The van der Waals surface area contributed by atoms with Gasteiger partial charge in [-0.1, -0.05) is 26.7 Å². The summed E-state index contributed by atoms with van der Waals surface area (Å²) < 4.78 is 0. The number of carbonyl (C=O) groups excluding carboxylic acids is 1. The molecule has 2 unspecified atom stereocenters. The van der Waals surface area contributed by atoms with Crippen LogP contribution in [0.15, 0.2) is 0 Å². The van der Waals surface area contributed by atoms with Gasteiger partial charge >= 0.3 is 0 Å². The molecular weight excluding hydrogens is 212 g/mol. The molecule has 0 aromatic rings. The van der Waals surface area contributed by atoms with E-state index in [9.17, 15) is 4.79 Å². The van der Waals surface area contributed by atoms with Crippen molar-refractivity contribution >= 4 is 5.91 Å². The predicted molar refractivity (Wildman–Crippen MR) is 69.5 cm³/mol. The second-order valence-corrected chi connectivity index (χ2v) is 6.06. The summed E-state index contributed by atoms with van der Waals surface area (Å²) >= 11 is 0. The molecule has 98 valence electrons. The maximum Gasteiger partial charge on any atom is 0.240 e. The molecule has 0 bridgehead atoms. The van der Waals surface area contributed by atoms with Gasteiger partial charge in [-0.2, -0.15) is 0 Å². The number of likely N-dealkylation sites (tertiary alicyclic amines) is 1. The van der Waals surface area contributed by atoms with Crippen LogP contribution >= 0.6 is 0 Å². The summed E-state index contributed by atoms with van der Waals surface area (Å²) in [6, 6.07) is 0.187. The topological polar surface area (TPSA) is 46.3 Å². The van der Waals surface area contributed by atoms with Gasteiger partial charge in [-0.15, -0.1) is 0 Å². The third kappa shape index (κ3) is 2.65. The Morgan fingerprint density at radius 2 is 1.82 bits per heavy atom. The van der Waals surface area contributed by atoms with E-state index in [2.05, 4.69) is 4.90 Å². The lowest BCUT2D eigenvalue weighted by Crippen LogP contribution is -2.49. The molecule has 2 atom stereocenters. The van der Waals surface area contributed by atoms with Gasteiger partial charge in [0, 0.05) is 12.6 Å². The molecule has 0 spiro atoms. The first kappa shape index (κ1) is 12.9. The van der Waals surface area contributed by atoms with Gasteiger partial charge in [-0.25, -0.2) is 0 Å². The fraction of sp³-hybridized carbons (Fsp3) is 0.929. The summed E-state index contributed by atoms with van der Waals surface area (Å²) in [5.41, 5.74) is 6.01. The van der Waals surface area contributed by atoms with E-state index in [0.29, 0.717) is 6.04 Å². The molecule has 2 N–H and O–H groups in total. The van der Waals surface area contributed by atoms with Crippen molar-refractivity contribution in [3.8, 4) is 0 Å². The van der Waals surface area contributed by atoms with E-state index < -0.39 is 0 Å². The molecule has 2 rings (SSSR count). The predicted octanol–water partition coefficient (Wildman–Crippen LogP) is 2.15. The Morgan fingerprint density at radius 3 is 2.41 bits per heavy atom. The molecule has 3 nitrogen and oxygen atoms in total. The minimum Gasteiger partial charge on any atom is -0.338 e. The first-order valence-electron chi connectivity index (χ1n) is 7.17. The van der Waals surface area contributed by atoms with Crippen LogP contribution in [-0.2, 0) is 4.79 Å². The number of hydrogen-bond donors (Lipinski definition) is 1. The van der Waals surface area contributed by atoms with Crippen LogP contribution in [0.1, 0.15) is 52.4 Å². The molecule has 2 aliphatic rings. The summed E-state index contributed by atoms with van der Waals surface area (Å²) in [4.78, 5) is 14.5. The van der Waals surface area contributed by atoms with Gasteiger partial charge in [-0.05, 0) is 37.5 Å². The van der Waals surface area contributed by atoms with Gasteiger partial charge in [0.25, 0.3) is 0 Å². The van der Waals surface area contributed by atoms with Gasteiger partial charge < -0.3 is 10.6 Å². The molecule has 1 aliphatic heterocycles. The molecule has 17 heavy (non-hydrogen) atoms. The molecule has 0 aromatic carbocycles. The van der Waals surface area contributed by atoms with Crippen LogP contribution in [0.3, 0.4) is 0 Å². The lowest BCUT2D eigenvalue weighted by atomic mass is 9.95. The molecular formula is C14H26N2O. The van der Waals surface area contributed by atoms with E-state index in [4.69, 9.17) is 5.73 Å². The van der Waals surface area contributed by atoms with Crippen LogP contribution in [-0.4, -0.2) is 29.4 Å². The van der Waals surface area contributed by atoms with Crippen LogP contribution in [0.25, 0.3) is 0 Å². The molecule has 1 heterocycles. The second kappa shape index (κ2) is 5.38. The Kier molecular flexibility index (Phi) is 4.08. The van der Waals surface area contributed by atoms with Gasteiger partial charge in [0.2, 0.25) is 5.91 Å². The van der Waals surface area contributed by atoms with Crippen LogP contribution in [0, 0.1) is 11.8 Å². The van der Waals surface area contributed by atoms with Crippen molar-refractivity contribution in [3.63, 3.8) is 0 Å². The van der Waals surface area contributed by atoms with Crippen LogP contribution < -0.4 is 5.73 Å². The molecule has 1 amide bonds. The van der Waals surface area contributed by atoms with Crippen LogP contribution in [0.2, 0.25) is 0 Å². The van der Waals surface area contributed by atoms with E-state index >= 15 is 0 Å². The fourth-order valence-corrected chi connectivity index (χ4v) is 3.38. The molecule has 1 saturated carbocycles. The highest BCUT2D eigenvalue weighted by Gasteiger charge is 2.37. The smallest absolute Gasteiger partial charge is 0.240 e.